The van der Waals surface area contributed by atoms with E-state index in [4.69, 9.17) is 4.98 Å². The molecule has 0 amide bonds. The van der Waals surface area contributed by atoms with Crippen molar-refractivity contribution in [1.82, 2.24) is 4.98 Å². The van der Waals surface area contributed by atoms with Crippen LogP contribution in [-0.2, 0) is 12.8 Å². The van der Waals surface area contributed by atoms with Crippen molar-refractivity contribution in [2.24, 2.45) is 0 Å². The molecular weight excluding hydrogens is 196 g/mol. The minimum Gasteiger partial charge on any atom is -0.256 e. The molecule has 0 aromatic carbocycles. The van der Waals surface area contributed by atoms with E-state index in [1.807, 2.05) is 0 Å². The van der Waals surface area contributed by atoms with E-state index in [0.29, 0.717) is 5.92 Å². The lowest BCUT2D eigenvalue weighted by Gasteiger charge is -2.21. The van der Waals surface area contributed by atoms with Crippen LogP contribution in [0.2, 0.25) is 0 Å². The fraction of sp³-hybridized carbons (Fsp3) is 0.571. The van der Waals surface area contributed by atoms with Gasteiger partial charge in [0.25, 0.3) is 0 Å². The first kappa shape index (κ1) is 11.1. The van der Waals surface area contributed by atoms with Gasteiger partial charge in [-0.3, -0.25) is 4.98 Å². The van der Waals surface area contributed by atoms with E-state index < -0.39 is 0 Å². The van der Waals surface area contributed by atoms with E-state index in [-0.39, 0.29) is 0 Å². The van der Waals surface area contributed by atoms with E-state index in [1.54, 1.807) is 0 Å². The maximum absolute atomic E-state index is 9.26. The number of hydrogen-bond acceptors (Lipinski definition) is 2. The van der Waals surface area contributed by atoms with Crippen LogP contribution in [0.3, 0.4) is 0 Å². The standard InChI is InChI=1S/C14H18N2/c1-9(2)14-12(8-15)10(3)11-6-4-5-7-13(11)16-14/h9H,4-7H2,1-3H3. The SMILES string of the molecule is Cc1c(C#N)c(C(C)C)nc2c1CCCC2. The van der Waals surface area contributed by atoms with E-state index >= 15 is 0 Å². The van der Waals surface area contributed by atoms with E-state index in [2.05, 4.69) is 26.8 Å². The van der Waals surface area contributed by atoms with Gasteiger partial charge in [0.05, 0.1) is 11.3 Å². The Balaban J connectivity index is 2.65. The van der Waals surface area contributed by atoms with Crippen molar-refractivity contribution < 1.29 is 0 Å². The van der Waals surface area contributed by atoms with Crippen LogP contribution in [0.15, 0.2) is 0 Å². The lowest BCUT2D eigenvalue weighted by Crippen LogP contribution is -2.13. The summed E-state index contributed by atoms with van der Waals surface area (Å²) in [4.78, 5) is 4.72. The number of rotatable bonds is 1. The van der Waals surface area contributed by atoms with Crippen molar-refractivity contribution in [1.29, 1.82) is 5.26 Å². The topological polar surface area (TPSA) is 36.7 Å². The normalized spacial score (nSPS) is 14.7. The Morgan fingerprint density at radius 1 is 1.25 bits per heavy atom. The van der Waals surface area contributed by atoms with Gasteiger partial charge in [-0.25, -0.2) is 0 Å². The average molecular weight is 214 g/mol. The molecule has 0 bridgehead atoms. The number of fused-ring (bicyclic) bond motifs is 1. The van der Waals surface area contributed by atoms with Gasteiger partial charge in [0, 0.05) is 5.69 Å². The molecule has 1 heterocycles. The van der Waals surface area contributed by atoms with Crippen LogP contribution < -0.4 is 0 Å². The number of hydrogen-bond donors (Lipinski definition) is 0. The number of aromatic nitrogens is 1. The van der Waals surface area contributed by atoms with E-state index in [1.165, 1.54) is 29.7 Å². The number of nitriles is 1. The van der Waals surface area contributed by atoms with Gasteiger partial charge < -0.3 is 0 Å². The van der Waals surface area contributed by atoms with Gasteiger partial charge in [-0.2, -0.15) is 5.26 Å². The Kier molecular flexibility index (Phi) is 2.96. The van der Waals surface area contributed by atoms with Gasteiger partial charge in [0.2, 0.25) is 0 Å². The monoisotopic (exact) mass is 214 g/mol. The smallest absolute Gasteiger partial charge is 0.101 e. The minimum atomic E-state index is 0.334. The average Bonchev–Trinajstić information content (AvgIpc) is 2.29. The molecule has 1 aliphatic rings. The lowest BCUT2D eigenvalue weighted by molar-refractivity contribution is 0.652. The van der Waals surface area contributed by atoms with Gasteiger partial charge in [0.15, 0.2) is 0 Å². The zero-order valence-electron chi connectivity index (χ0n) is 10.3. The summed E-state index contributed by atoms with van der Waals surface area (Å²) < 4.78 is 0. The zero-order chi connectivity index (χ0) is 11.7. The molecule has 0 saturated heterocycles. The van der Waals surface area contributed by atoms with Gasteiger partial charge in [0.1, 0.15) is 6.07 Å². The Morgan fingerprint density at radius 2 is 1.94 bits per heavy atom. The number of pyridine rings is 1. The summed E-state index contributed by atoms with van der Waals surface area (Å²) >= 11 is 0. The van der Waals surface area contributed by atoms with Crippen molar-refractivity contribution in [3.63, 3.8) is 0 Å². The van der Waals surface area contributed by atoms with Crippen LogP contribution in [0.1, 0.15) is 60.7 Å². The maximum atomic E-state index is 9.26. The second-order valence-corrected chi connectivity index (χ2v) is 4.90. The third-order valence-electron chi connectivity index (χ3n) is 3.44. The van der Waals surface area contributed by atoms with Crippen molar-refractivity contribution in [2.75, 3.05) is 0 Å². The molecule has 0 N–H and O–H groups in total. The predicted octanol–water partition coefficient (Wildman–Crippen LogP) is 3.26. The van der Waals surface area contributed by atoms with E-state index in [9.17, 15) is 5.26 Å². The third kappa shape index (κ3) is 1.71. The molecule has 0 unspecified atom stereocenters. The van der Waals surface area contributed by atoms with Crippen molar-refractivity contribution in [3.05, 3.63) is 28.1 Å². The van der Waals surface area contributed by atoms with Crippen molar-refractivity contribution in [3.8, 4) is 6.07 Å². The molecule has 2 rings (SSSR count). The molecule has 2 nitrogen and oxygen atoms in total. The summed E-state index contributed by atoms with van der Waals surface area (Å²) in [6, 6.07) is 2.33. The molecule has 0 fully saturated rings. The minimum absolute atomic E-state index is 0.334. The Labute approximate surface area is 97.3 Å². The molecule has 1 aromatic rings. The highest BCUT2D eigenvalue weighted by molar-refractivity contribution is 5.48. The second kappa shape index (κ2) is 4.25. The van der Waals surface area contributed by atoms with Gasteiger partial charge >= 0.3 is 0 Å². The van der Waals surface area contributed by atoms with Crippen LogP contribution in [0, 0.1) is 18.3 Å². The first-order valence-corrected chi connectivity index (χ1v) is 6.07. The summed E-state index contributed by atoms with van der Waals surface area (Å²) in [6.07, 6.45) is 4.66. The summed E-state index contributed by atoms with van der Waals surface area (Å²) in [5, 5.41) is 9.26. The van der Waals surface area contributed by atoms with Crippen LogP contribution in [0.25, 0.3) is 0 Å². The summed E-state index contributed by atoms with van der Waals surface area (Å²) in [5.74, 6) is 0.334. The van der Waals surface area contributed by atoms with Crippen LogP contribution in [0.4, 0.5) is 0 Å². The molecule has 84 valence electrons. The molecule has 1 aliphatic carbocycles. The molecule has 0 saturated carbocycles. The second-order valence-electron chi connectivity index (χ2n) is 4.90. The first-order chi connectivity index (χ1) is 7.65. The maximum Gasteiger partial charge on any atom is 0.101 e. The largest absolute Gasteiger partial charge is 0.256 e. The molecule has 16 heavy (non-hydrogen) atoms. The van der Waals surface area contributed by atoms with Crippen LogP contribution >= 0.6 is 0 Å². The van der Waals surface area contributed by atoms with E-state index in [0.717, 1.165) is 24.1 Å². The van der Waals surface area contributed by atoms with Crippen LogP contribution in [0.5, 0.6) is 0 Å². The third-order valence-corrected chi connectivity index (χ3v) is 3.44. The van der Waals surface area contributed by atoms with Gasteiger partial charge in [-0.05, 0) is 49.7 Å². The van der Waals surface area contributed by atoms with Crippen LogP contribution in [-0.4, -0.2) is 4.98 Å². The first-order valence-electron chi connectivity index (χ1n) is 6.07. The summed E-state index contributed by atoms with van der Waals surface area (Å²) in [7, 11) is 0. The molecule has 0 radical (unpaired) electrons. The van der Waals surface area contributed by atoms with Gasteiger partial charge in [-0.15, -0.1) is 0 Å². The van der Waals surface area contributed by atoms with Crippen molar-refractivity contribution in [2.45, 2.75) is 52.4 Å². The Morgan fingerprint density at radius 3 is 2.56 bits per heavy atom. The summed E-state index contributed by atoms with van der Waals surface area (Å²) in [6.45, 7) is 6.30. The quantitative estimate of drug-likeness (QED) is 0.719. The lowest BCUT2D eigenvalue weighted by atomic mass is 9.88. The molecular formula is C14H18N2. The molecule has 0 aliphatic heterocycles. The molecule has 0 atom stereocenters. The predicted molar refractivity (Wildman–Crippen MR) is 64.4 cm³/mol. The number of aryl methyl sites for hydroxylation is 1. The summed E-state index contributed by atoms with van der Waals surface area (Å²) in [5.41, 5.74) is 5.56. The van der Waals surface area contributed by atoms with Crippen molar-refractivity contribution >= 4 is 0 Å². The van der Waals surface area contributed by atoms with Gasteiger partial charge in [-0.1, -0.05) is 13.8 Å². The zero-order valence-corrected chi connectivity index (χ0v) is 10.3. The Hall–Kier alpha value is -1.36. The highest BCUT2D eigenvalue weighted by Crippen LogP contribution is 2.29. The molecule has 1 aromatic heterocycles. The molecule has 2 heteroatoms. The molecule has 0 spiro atoms. The highest BCUT2D eigenvalue weighted by atomic mass is 14.7. The Bertz CT molecular complexity index is 453. The number of nitrogens with zero attached hydrogens (tertiary/aromatic N) is 2. The highest BCUT2D eigenvalue weighted by Gasteiger charge is 2.20. The fourth-order valence-corrected chi connectivity index (χ4v) is 2.52. The fourth-order valence-electron chi connectivity index (χ4n) is 2.52.